The minimum atomic E-state index is -3.53. The highest BCUT2D eigenvalue weighted by Gasteiger charge is 2.35. The molecule has 1 aromatic carbocycles. The van der Waals surface area contributed by atoms with Crippen molar-refractivity contribution in [1.82, 2.24) is 9.62 Å². The Hall–Kier alpha value is -1.97. The van der Waals surface area contributed by atoms with Crippen molar-refractivity contribution in [3.8, 4) is 0 Å². The van der Waals surface area contributed by atoms with Gasteiger partial charge in [-0.3, -0.25) is 10.1 Å². The Labute approximate surface area is 159 Å². The standard InChI is InChI=1S/C18H25N3O5S/c1-13(17(22)19-18(23)26-2)20-8-10-21(11-9-20)27(24,25)16-7-6-14-4-3-5-15(14)12-16/h6-7,12-13H,3-5,8-11H2,1-2H3,(H,19,22,23)/p+1/t13-/m1/s1. The number of benzene rings is 1. The fraction of sp³-hybridized carbons (Fsp3) is 0.556. The van der Waals surface area contributed by atoms with E-state index in [0.29, 0.717) is 31.1 Å². The Morgan fingerprint density at radius 2 is 1.85 bits per heavy atom. The van der Waals surface area contributed by atoms with Gasteiger partial charge in [-0.05, 0) is 49.4 Å². The van der Waals surface area contributed by atoms with Gasteiger partial charge in [0.2, 0.25) is 10.0 Å². The third kappa shape index (κ3) is 4.15. The molecule has 0 bridgehead atoms. The van der Waals surface area contributed by atoms with Crippen LogP contribution in [0, 0.1) is 0 Å². The molecule has 2 amide bonds. The highest BCUT2D eigenvalue weighted by molar-refractivity contribution is 7.89. The first-order valence-corrected chi connectivity index (χ1v) is 10.6. The van der Waals surface area contributed by atoms with Gasteiger partial charge in [0.1, 0.15) is 0 Å². The van der Waals surface area contributed by atoms with E-state index in [1.54, 1.807) is 13.0 Å². The van der Waals surface area contributed by atoms with Crippen LogP contribution in [0.25, 0.3) is 0 Å². The van der Waals surface area contributed by atoms with Crippen LogP contribution >= 0.6 is 0 Å². The van der Waals surface area contributed by atoms with E-state index in [4.69, 9.17) is 0 Å². The molecule has 0 radical (unpaired) electrons. The third-order valence-corrected chi connectivity index (χ3v) is 7.38. The number of carbonyl (C=O) groups excluding carboxylic acids is 2. The summed E-state index contributed by atoms with van der Waals surface area (Å²) in [7, 11) is -2.33. The van der Waals surface area contributed by atoms with Crippen LogP contribution in [-0.4, -0.2) is 64.1 Å². The number of piperazine rings is 1. The Balaban J connectivity index is 1.63. The molecule has 0 spiro atoms. The summed E-state index contributed by atoms with van der Waals surface area (Å²) in [6.07, 6.45) is 2.24. The molecule has 3 rings (SSSR count). The fourth-order valence-corrected chi connectivity index (χ4v) is 5.24. The lowest BCUT2D eigenvalue weighted by molar-refractivity contribution is -0.917. The van der Waals surface area contributed by atoms with Crippen LogP contribution in [0.3, 0.4) is 0 Å². The molecule has 9 heteroatoms. The summed E-state index contributed by atoms with van der Waals surface area (Å²) in [6.45, 7) is 3.40. The first-order chi connectivity index (χ1) is 12.8. The quantitative estimate of drug-likeness (QED) is 0.704. The van der Waals surface area contributed by atoms with Crippen LogP contribution in [0.1, 0.15) is 24.5 Å². The van der Waals surface area contributed by atoms with Gasteiger partial charge in [0.15, 0.2) is 6.04 Å². The summed E-state index contributed by atoms with van der Waals surface area (Å²) >= 11 is 0. The number of rotatable bonds is 4. The first-order valence-electron chi connectivity index (χ1n) is 9.18. The molecule has 1 aromatic rings. The van der Waals surface area contributed by atoms with Crippen LogP contribution in [-0.2, 0) is 32.4 Å². The lowest BCUT2D eigenvalue weighted by Gasteiger charge is -2.34. The Morgan fingerprint density at radius 1 is 1.19 bits per heavy atom. The van der Waals surface area contributed by atoms with E-state index >= 15 is 0 Å². The summed E-state index contributed by atoms with van der Waals surface area (Å²) in [5, 5.41) is 2.17. The van der Waals surface area contributed by atoms with Crippen molar-refractivity contribution < 1.29 is 27.6 Å². The number of carbonyl (C=O) groups is 2. The zero-order chi connectivity index (χ0) is 19.6. The maximum absolute atomic E-state index is 13.0. The van der Waals surface area contributed by atoms with Crippen LogP contribution in [0.15, 0.2) is 23.1 Å². The predicted molar refractivity (Wildman–Crippen MR) is 97.9 cm³/mol. The van der Waals surface area contributed by atoms with Crippen LogP contribution in [0.2, 0.25) is 0 Å². The van der Waals surface area contributed by atoms with Gasteiger partial charge in [-0.1, -0.05) is 6.07 Å². The first kappa shape index (κ1) is 19.8. The number of nitrogens with zero attached hydrogens (tertiary/aromatic N) is 1. The molecule has 1 aliphatic carbocycles. The maximum Gasteiger partial charge on any atom is 0.413 e. The normalized spacial score (nSPS) is 19.3. The summed E-state index contributed by atoms with van der Waals surface area (Å²) in [4.78, 5) is 24.5. The van der Waals surface area contributed by atoms with Crippen LogP contribution in [0.5, 0.6) is 0 Å². The topological polar surface area (TPSA) is 97.2 Å². The van der Waals surface area contributed by atoms with Gasteiger partial charge in [-0.25, -0.2) is 13.2 Å². The Kier molecular flexibility index (Phi) is 5.83. The largest absolute Gasteiger partial charge is 0.453 e. The zero-order valence-corrected chi connectivity index (χ0v) is 16.5. The number of nitrogens with one attached hydrogen (secondary N) is 2. The molecule has 2 aliphatic rings. The lowest BCUT2D eigenvalue weighted by Crippen LogP contribution is -3.19. The number of aryl methyl sites for hydroxylation is 2. The van der Waals surface area contributed by atoms with Gasteiger partial charge in [0, 0.05) is 0 Å². The summed E-state index contributed by atoms with van der Waals surface area (Å²) in [5.74, 6) is -0.424. The number of hydrogen-bond acceptors (Lipinski definition) is 5. The molecule has 2 N–H and O–H groups in total. The molecule has 0 aromatic heterocycles. The second kappa shape index (κ2) is 7.95. The second-order valence-electron chi connectivity index (χ2n) is 7.05. The van der Waals surface area contributed by atoms with Crippen molar-refractivity contribution in [1.29, 1.82) is 0 Å². The number of hydrogen-bond donors (Lipinski definition) is 2. The SMILES string of the molecule is COC(=O)NC(=O)[C@@H](C)[NH+]1CCN(S(=O)(=O)c2ccc3c(c2)CCC3)CC1. The highest BCUT2D eigenvalue weighted by Crippen LogP contribution is 2.26. The molecule has 1 fully saturated rings. The van der Waals surface area contributed by atoms with E-state index in [9.17, 15) is 18.0 Å². The van der Waals surface area contributed by atoms with Gasteiger partial charge in [-0.15, -0.1) is 0 Å². The molecule has 1 aliphatic heterocycles. The molecule has 1 saturated heterocycles. The van der Waals surface area contributed by atoms with Crippen molar-refractivity contribution in [2.75, 3.05) is 33.3 Å². The zero-order valence-electron chi connectivity index (χ0n) is 15.7. The van der Waals surface area contributed by atoms with E-state index in [-0.39, 0.29) is 0 Å². The van der Waals surface area contributed by atoms with Crippen molar-refractivity contribution in [2.45, 2.75) is 37.1 Å². The predicted octanol–water partition coefficient (Wildman–Crippen LogP) is -0.664. The van der Waals surface area contributed by atoms with Gasteiger partial charge in [-0.2, -0.15) is 4.31 Å². The number of methoxy groups -OCH3 is 1. The van der Waals surface area contributed by atoms with E-state index < -0.39 is 28.1 Å². The number of amides is 2. The van der Waals surface area contributed by atoms with E-state index in [1.807, 2.05) is 12.1 Å². The minimum absolute atomic E-state index is 0.338. The number of quaternary nitrogens is 1. The molecule has 1 atom stereocenters. The van der Waals surface area contributed by atoms with Crippen molar-refractivity contribution >= 4 is 22.0 Å². The second-order valence-corrected chi connectivity index (χ2v) is 8.99. The van der Waals surface area contributed by atoms with Crippen LogP contribution in [0.4, 0.5) is 4.79 Å². The molecule has 0 unspecified atom stereocenters. The highest BCUT2D eigenvalue weighted by atomic mass is 32.2. The summed E-state index contributed by atoms with van der Waals surface area (Å²) in [5.41, 5.74) is 2.38. The van der Waals surface area contributed by atoms with Crippen molar-refractivity contribution in [3.63, 3.8) is 0 Å². The lowest BCUT2D eigenvalue weighted by atomic mass is 10.1. The number of ether oxygens (including phenoxy) is 1. The monoisotopic (exact) mass is 396 g/mol. The molecule has 27 heavy (non-hydrogen) atoms. The van der Waals surface area contributed by atoms with Gasteiger partial charge < -0.3 is 9.64 Å². The molecule has 148 valence electrons. The molecule has 8 nitrogen and oxygen atoms in total. The van der Waals surface area contributed by atoms with Gasteiger partial charge in [0.05, 0.1) is 38.2 Å². The van der Waals surface area contributed by atoms with E-state index in [1.165, 1.54) is 17.0 Å². The fourth-order valence-electron chi connectivity index (χ4n) is 3.75. The van der Waals surface area contributed by atoms with Gasteiger partial charge in [0.25, 0.3) is 5.91 Å². The number of alkyl carbamates (subject to hydrolysis) is 1. The van der Waals surface area contributed by atoms with E-state index in [0.717, 1.165) is 29.7 Å². The Morgan fingerprint density at radius 3 is 2.52 bits per heavy atom. The van der Waals surface area contributed by atoms with Gasteiger partial charge >= 0.3 is 6.09 Å². The summed E-state index contributed by atoms with van der Waals surface area (Å²) < 4.78 is 31.8. The van der Waals surface area contributed by atoms with Crippen molar-refractivity contribution in [3.05, 3.63) is 29.3 Å². The average Bonchev–Trinajstić information content (AvgIpc) is 3.15. The van der Waals surface area contributed by atoms with E-state index in [2.05, 4.69) is 10.1 Å². The molecular weight excluding hydrogens is 370 g/mol. The average molecular weight is 396 g/mol. The maximum atomic E-state index is 13.0. The molecule has 1 heterocycles. The number of fused-ring (bicyclic) bond motifs is 1. The van der Waals surface area contributed by atoms with Crippen molar-refractivity contribution in [2.24, 2.45) is 0 Å². The molecule has 0 saturated carbocycles. The number of imide groups is 1. The number of sulfonamides is 1. The Bertz CT molecular complexity index is 831. The minimum Gasteiger partial charge on any atom is -0.453 e. The third-order valence-electron chi connectivity index (χ3n) is 5.49. The smallest absolute Gasteiger partial charge is 0.413 e. The van der Waals surface area contributed by atoms with Crippen LogP contribution < -0.4 is 10.2 Å². The summed E-state index contributed by atoms with van der Waals surface area (Å²) in [6, 6.07) is 4.97. The molecular formula is C18H26N3O5S+.